The minimum Gasteiger partial charge on any atom is -0.310 e. The van der Waals surface area contributed by atoms with E-state index in [4.69, 9.17) is 0 Å². The van der Waals surface area contributed by atoms with Gasteiger partial charge >= 0.3 is 0 Å². The molecule has 0 bridgehead atoms. The highest BCUT2D eigenvalue weighted by Gasteiger charge is 2.49. The highest BCUT2D eigenvalue weighted by atomic mass is 15.1. The lowest BCUT2D eigenvalue weighted by atomic mass is 9.66. The second kappa shape index (κ2) is 12.6. The van der Waals surface area contributed by atoms with Crippen molar-refractivity contribution in [3.8, 4) is 55.6 Å². The SMILES string of the molecule is CC1(C)c2ccccc2-c2ccc(N(c3ccc(-c4ccccc4)cc3)c3ccc4c(c3)-c3ccccc3-c3ccccc3C43c4ccccc4-c4ccccc43)cc21. The van der Waals surface area contributed by atoms with Crippen LogP contribution in [0.5, 0.6) is 0 Å². The molecule has 0 saturated carbocycles. The van der Waals surface area contributed by atoms with Crippen LogP contribution < -0.4 is 4.90 Å². The smallest absolute Gasteiger partial charge is 0.0725 e. The Morgan fingerprint density at radius 1 is 0.271 bits per heavy atom. The third-order valence-electron chi connectivity index (χ3n) is 13.5. The van der Waals surface area contributed by atoms with E-state index in [-0.39, 0.29) is 5.41 Å². The first-order valence-electron chi connectivity index (χ1n) is 20.8. The zero-order valence-electron chi connectivity index (χ0n) is 33.2. The van der Waals surface area contributed by atoms with Crippen molar-refractivity contribution < 1.29 is 0 Å². The molecule has 9 aromatic carbocycles. The number of hydrogen-bond donors (Lipinski definition) is 0. The van der Waals surface area contributed by atoms with E-state index in [2.05, 4.69) is 231 Å². The largest absolute Gasteiger partial charge is 0.310 e. The van der Waals surface area contributed by atoms with Crippen molar-refractivity contribution in [2.45, 2.75) is 24.7 Å². The molecular formula is C58H41N. The summed E-state index contributed by atoms with van der Waals surface area (Å²) in [5, 5.41) is 0. The number of fused-ring (bicyclic) bond motifs is 15. The number of rotatable bonds is 4. The van der Waals surface area contributed by atoms with Gasteiger partial charge in [0.05, 0.1) is 5.41 Å². The number of anilines is 3. The van der Waals surface area contributed by atoms with Crippen LogP contribution in [0.1, 0.15) is 47.2 Å². The maximum Gasteiger partial charge on any atom is 0.0725 e. The van der Waals surface area contributed by atoms with Crippen molar-refractivity contribution >= 4 is 17.1 Å². The van der Waals surface area contributed by atoms with Crippen LogP contribution in [0.3, 0.4) is 0 Å². The average molecular weight is 752 g/mol. The normalized spacial score (nSPS) is 14.2. The molecule has 0 atom stereocenters. The fourth-order valence-electron chi connectivity index (χ4n) is 10.9. The van der Waals surface area contributed by atoms with Crippen molar-refractivity contribution in [1.82, 2.24) is 0 Å². The summed E-state index contributed by atoms with van der Waals surface area (Å²) >= 11 is 0. The fraction of sp³-hybridized carbons (Fsp3) is 0.0690. The van der Waals surface area contributed by atoms with Crippen LogP contribution in [-0.4, -0.2) is 0 Å². The van der Waals surface area contributed by atoms with Gasteiger partial charge in [0, 0.05) is 22.5 Å². The Bertz CT molecular complexity index is 3090. The monoisotopic (exact) mass is 751 g/mol. The van der Waals surface area contributed by atoms with Gasteiger partial charge in [0.2, 0.25) is 0 Å². The molecule has 0 N–H and O–H groups in total. The van der Waals surface area contributed by atoms with E-state index < -0.39 is 5.41 Å². The third-order valence-corrected chi connectivity index (χ3v) is 13.5. The second-order valence-corrected chi connectivity index (χ2v) is 16.8. The van der Waals surface area contributed by atoms with Gasteiger partial charge in [0.15, 0.2) is 0 Å². The van der Waals surface area contributed by atoms with E-state index in [1.54, 1.807) is 0 Å². The van der Waals surface area contributed by atoms with Gasteiger partial charge in [-0.2, -0.15) is 0 Å². The van der Waals surface area contributed by atoms with Crippen LogP contribution >= 0.6 is 0 Å². The van der Waals surface area contributed by atoms with Crippen molar-refractivity contribution in [3.05, 3.63) is 246 Å². The van der Waals surface area contributed by atoms with Crippen LogP contribution in [-0.2, 0) is 10.8 Å². The van der Waals surface area contributed by atoms with Gasteiger partial charge in [-0.25, -0.2) is 0 Å². The fourth-order valence-corrected chi connectivity index (χ4v) is 10.9. The third kappa shape index (κ3) is 4.73. The zero-order chi connectivity index (χ0) is 39.3. The molecule has 0 aromatic heterocycles. The Morgan fingerprint density at radius 2 is 0.661 bits per heavy atom. The van der Waals surface area contributed by atoms with E-state index in [9.17, 15) is 0 Å². The van der Waals surface area contributed by atoms with E-state index in [1.165, 1.54) is 89.0 Å². The molecule has 59 heavy (non-hydrogen) atoms. The summed E-state index contributed by atoms with van der Waals surface area (Å²) in [6, 6.07) is 79.4. The van der Waals surface area contributed by atoms with Gasteiger partial charge in [0.25, 0.3) is 0 Å². The summed E-state index contributed by atoms with van der Waals surface area (Å²) in [6.07, 6.45) is 0. The quantitative estimate of drug-likeness (QED) is 0.173. The molecule has 12 rings (SSSR count). The van der Waals surface area contributed by atoms with Gasteiger partial charge in [-0.05, 0) is 125 Å². The number of nitrogens with zero attached hydrogens (tertiary/aromatic N) is 1. The first-order chi connectivity index (χ1) is 29.0. The Labute approximate surface area is 346 Å². The van der Waals surface area contributed by atoms with E-state index in [1.807, 2.05) is 0 Å². The van der Waals surface area contributed by atoms with E-state index >= 15 is 0 Å². The lowest BCUT2D eigenvalue weighted by molar-refractivity contribution is 0.660. The van der Waals surface area contributed by atoms with Crippen molar-refractivity contribution in [1.29, 1.82) is 0 Å². The molecule has 0 fully saturated rings. The van der Waals surface area contributed by atoms with Gasteiger partial charge in [0.1, 0.15) is 0 Å². The predicted octanol–water partition coefficient (Wildman–Crippen LogP) is 15.1. The molecule has 3 aliphatic rings. The molecule has 0 radical (unpaired) electrons. The zero-order valence-corrected chi connectivity index (χ0v) is 33.2. The van der Waals surface area contributed by atoms with Gasteiger partial charge in [-0.15, -0.1) is 0 Å². The molecule has 1 heteroatoms. The van der Waals surface area contributed by atoms with Crippen LogP contribution in [0.15, 0.2) is 212 Å². The molecule has 9 aromatic rings. The van der Waals surface area contributed by atoms with Crippen LogP contribution in [0.2, 0.25) is 0 Å². The average Bonchev–Trinajstić information content (AvgIpc) is 3.68. The van der Waals surface area contributed by atoms with Gasteiger partial charge < -0.3 is 4.90 Å². The molecule has 0 heterocycles. The molecule has 1 spiro atoms. The summed E-state index contributed by atoms with van der Waals surface area (Å²) in [7, 11) is 0. The molecule has 278 valence electrons. The van der Waals surface area contributed by atoms with Crippen LogP contribution in [0.4, 0.5) is 17.1 Å². The van der Waals surface area contributed by atoms with E-state index in [0.717, 1.165) is 17.1 Å². The number of benzene rings is 9. The maximum atomic E-state index is 2.48. The lowest BCUT2D eigenvalue weighted by Gasteiger charge is -2.36. The molecule has 0 unspecified atom stereocenters. The molecule has 1 nitrogen and oxygen atoms in total. The predicted molar refractivity (Wildman–Crippen MR) is 246 cm³/mol. The van der Waals surface area contributed by atoms with Crippen molar-refractivity contribution in [2.24, 2.45) is 0 Å². The van der Waals surface area contributed by atoms with Gasteiger partial charge in [-0.1, -0.05) is 190 Å². The van der Waals surface area contributed by atoms with E-state index in [0.29, 0.717) is 0 Å². The molecule has 0 amide bonds. The topological polar surface area (TPSA) is 3.24 Å². The maximum absolute atomic E-state index is 2.48. The highest BCUT2D eigenvalue weighted by Crippen LogP contribution is 2.62. The molecule has 0 aliphatic heterocycles. The molecule has 3 aliphatic carbocycles. The summed E-state index contributed by atoms with van der Waals surface area (Å²) < 4.78 is 0. The number of hydrogen-bond acceptors (Lipinski definition) is 1. The van der Waals surface area contributed by atoms with Crippen molar-refractivity contribution in [3.63, 3.8) is 0 Å². The molecular weight excluding hydrogens is 711 g/mol. The standard InChI is InChI=1S/C58H41N/c1-57(2)51-24-12-8-21-46(51)49-34-32-42(37-56(49)57)59(40-30-28-39(29-31-40)38-16-4-3-5-17-38)41-33-35-55-50(36-41)44-19-7-6-18-43(44)45-20-9-13-25-52(45)58(55)53-26-14-10-22-47(53)48-23-11-15-27-54(48)58/h3-37H,1-2H3. The summed E-state index contributed by atoms with van der Waals surface area (Å²) in [5.74, 6) is 0. The first-order valence-corrected chi connectivity index (χ1v) is 20.8. The molecule has 0 saturated heterocycles. The Balaban J connectivity index is 1.13. The first kappa shape index (κ1) is 33.9. The Kier molecular flexibility index (Phi) is 7.26. The Morgan fingerprint density at radius 3 is 1.27 bits per heavy atom. The minimum atomic E-state index is -0.512. The second-order valence-electron chi connectivity index (χ2n) is 16.8. The summed E-state index contributed by atoms with van der Waals surface area (Å²) in [5.41, 5.74) is 23.5. The van der Waals surface area contributed by atoms with Crippen LogP contribution in [0, 0.1) is 0 Å². The minimum absolute atomic E-state index is 0.126. The summed E-state index contributed by atoms with van der Waals surface area (Å²) in [4.78, 5) is 2.47. The van der Waals surface area contributed by atoms with Crippen molar-refractivity contribution in [2.75, 3.05) is 4.90 Å². The summed E-state index contributed by atoms with van der Waals surface area (Å²) in [6.45, 7) is 4.74. The van der Waals surface area contributed by atoms with Crippen LogP contribution in [0.25, 0.3) is 55.6 Å². The lowest BCUT2D eigenvalue weighted by Crippen LogP contribution is -2.29. The highest BCUT2D eigenvalue weighted by molar-refractivity contribution is 5.98. The Hall–Kier alpha value is -7.22. The van der Waals surface area contributed by atoms with Gasteiger partial charge in [-0.3, -0.25) is 0 Å².